The van der Waals surface area contributed by atoms with E-state index >= 15 is 0 Å². The van der Waals surface area contributed by atoms with E-state index in [0.717, 1.165) is 6.42 Å². The molecule has 2 heterocycles. The van der Waals surface area contributed by atoms with Gasteiger partial charge >= 0.3 is 0 Å². The molecular weight excluding hydrogens is 146 g/mol. The van der Waals surface area contributed by atoms with E-state index in [-0.39, 0.29) is 0 Å². The maximum atomic E-state index is 2.22. The van der Waals surface area contributed by atoms with Gasteiger partial charge in [0, 0.05) is 17.9 Å². The smallest absolute Gasteiger partial charge is 0.0491 e. The summed E-state index contributed by atoms with van der Waals surface area (Å²) in [6, 6.07) is 6.44. The van der Waals surface area contributed by atoms with Gasteiger partial charge in [-0.2, -0.15) is 0 Å². The lowest BCUT2D eigenvalue weighted by molar-refractivity contribution is 1.16. The van der Waals surface area contributed by atoms with Crippen LogP contribution in [-0.4, -0.2) is 4.40 Å². The van der Waals surface area contributed by atoms with Crippen molar-refractivity contribution in [3.8, 4) is 0 Å². The van der Waals surface area contributed by atoms with Crippen LogP contribution in [0.3, 0.4) is 0 Å². The number of rotatable bonds is 0. The lowest BCUT2D eigenvalue weighted by Gasteiger charge is -2.01. The van der Waals surface area contributed by atoms with Crippen molar-refractivity contribution >= 4 is 11.6 Å². The van der Waals surface area contributed by atoms with Crippen LogP contribution in [0.25, 0.3) is 11.6 Å². The lowest BCUT2D eigenvalue weighted by Crippen LogP contribution is -1.88. The Morgan fingerprint density at radius 2 is 2.17 bits per heavy atom. The third kappa shape index (κ3) is 0.632. The fourth-order valence-electron chi connectivity index (χ4n) is 1.87. The number of aromatic nitrogens is 1. The molecule has 0 amide bonds. The molecule has 2 aromatic heterocycles. The van der Waals surface area contributed by atoms with Gasteiger partial charge in [-0.05, 0) is 35.7 Å². The number of nitrogens with zero attached hydrogens (tertiary/aromatic N) is 1. The Labute approximate surface area is 70.9 Å². The molecule has 0 N–H and O–H groups in total. The van der Waals surface area contributed by atoms with Crippen LogP contribution < -0.4 is 0 Å². The van der Waals surface area contributed by atoms with Crippen molar-refractivity contribution in [2.45, 2.75) is 6.42 Å². The maximum Gasteiger partial charge on any atom is 0.0491 e. The number of hydrogen-bond acceptors (Lipinski definition) is 0. The van der Waals surface area contributed by atoms with Crippen LogP contribution in [0.2, 0.25) is 0 Å². The van der Waals surface area contributed by atoms with E-state index in [2.05, 4.69) is 47.1 Å². The summed E-state index contributed by atoms with van der Waals surface area (Å²) in [7, 11) is 0. The van der Waals surface area contributed by atoms with Crippen molar-refractivity contribution in [2.75, 3.05) is 0 Å². The van der Waals surface area contributed by atoms with Crippen molar-refractivity contribution in [2.24, 2.45) is 0 Å². The Morgan fingerprint density at radius 1 is 1.17 bits per heavy atom. The molecule has 0 spiro atoms. The molecule has 12 heavy (non-hydrogen) atoms. The quantitative estimate of drug-likeness (QED) is 0.550. The van der Waals surface area contributed by atoms with Gasteiger partial charge in [0.05, 0.1) is 0 Å². The first-order valence-electron chi connectivity index (χ1n) is 4.20. The third-order valence-electron chi connectivity index (χ3n) is 2.47. The Kier molecular flexibility index (Phi) is 1.01. The summed E-state index contributed by atoms with van der Waals surface area (Å²) < 4.78 is 2.17. The normalized spacial score (nSPS) is 14.0. The van der Waals surface area contributed by atoms with Crippen LogP contribution in [0.5, 0.6) is 0 Å². The molecule has 0 unspecified atom stereocenters. The molecule has 0 saturated carbocycles. The molecule has 0 bridgehead atoms. The van der Waals surface area contributed by atoms with Gasteiger partial charge in [-0.3, -0.25) is 0 Å². The molecule has 0 radical (unpaired) electrons. The molecule has 0 aromatic carbocycles. The van der Waals surface area contributed by atoms with Crippen LogP contribution in [0.1, 0.15) is 11.1 Å². The van der Waals surface area contributed by atoms with Crippen molar-refractivity contribution in [3.05, 3.63) is 47.8 Å². The number of pyridine rings is 1. The minimum atomic E-state index is 1.09. The fourth-order valence-corrected chi connectivity index (χ4v) is 1.87. The topological polar surface area (TPSA) is 4.41 Å². The fraction of sp³-hybridized carbons (Fsp3) is 0.0909. The maximum absolute atomic E-state index is 2.22. The zero-order valence-corrected chi connectivity index (χ0v) is 6.70. The predicted octanol–water partition coefficient (Wildman–Crippen LogP) is 2.51. The van der Waals surface area contributed by atoms with Gasteiger partial charge in [0.25, 0.3) is 0 Å². The zero-order chi connectivity index (χ0) is 7.97. The molecule has 1 aliphatic rings. The summed E-state index contributed by atoms with van der Waals surface area (Å²) in [5, 5.41) is 0. The Bertz CT molecular complexity index is 463. The van der Waals surface area contributed by atoms with Gasteiger partial charge < -0.3 is 4.40 Å². The molecule has 1 nitrogen and oxygen atoms in total. The second-order valence-corrected chi connectivity index (χ2v) is 3.16. The molecule has 58 valence electrons. The van der Waals surface area contributed by atoms with Crippen LogP contribution >= 0.6 is 0 Å². The Morgan fingerprint density at radius 3 is 3.17 bits per heavy atom. The average Bonchev–Trinajstić information content (AvgIpc) is 2.71. The van der Waals surface area contributed by atoms with Gasteiger partial charge in [-0.1, -0.05) is 12.2 Å². The first kappa shape index (κ1) is 6.06. The predicted molar refractivity (Wildman–Crippen MR) is 50.1 cm³/mol. The Hall–Kier alpha value is -1.50. The first-order chi connectivity index (χ1) is 5.95. The summed E-state index contributed by atoms with van der Waals surface area (Å²) in [6.45, 7) is 0. The van der Waals surface area contributed by atoms with E-state index < -0.39 is 0 Å². The van der Waals surface area contributed by atoms with Crippen molar-refractivity contribution in [3.63, 3.8) is 0 Å². The van der Waals surface area contributed by atoms with E-state index in [0.29, 0.717) is 0 Å². The van der Waals surface area contributed by atoms with E-state index in [4.69, 9.17) is 0 Å². The molecule has 0 saturated heterocycles. The van der Waals surface area contributed by atoms with E-state index in [1.165, 1.54) is 16.6 Å². The van der Waals surface area contributed by atoms with Crippen LogP contribution in [0, 0.1) is 0 Å². The van der Waals surface area contributed by atoms with Gasteiger partial charge in [0.1, 0.15) is 0 Å². The summed E-state index contributed by atoms with van der Waals surface area (Å²) in [5.41, 5.74) is 4.18. The van der Waals surface area contributed by atoms with Gasteiger partial charge in [-0.25, -0.2) is 0 Å². The van der Waals surface area contributed by atoms with Gasteiger partial charge in [0.2, 0.25) is 0 Å². The largest absolute Gasteiger partial charge is 0.324 e. The zero-order valence-electron chi connectivity index (χ0n) is 6.70. The highest BCUT2D eigenvalue weighted by Crippen LogP contribution is 2.23. The molecule has 0 aliphatic heterocycles. The van der Waals surface area contributed by atoms with Crippen LogP contribution in [0.15, 0.2) is 36.7 Å². The first-order valence-corrected chi connectivity index (χ1v) is 4.20. The molecule has 1 aliphatic carbocycles. The highest BCUT2D eigenvalue weighted by atomic mass is 14.8. The van der Waals surface area contributed by atoms with E-state index in [1.807, 2.05) is 0 Å². The number of fused-ring (bicyclic) bond motifs is 3. The summed E-state index contributed by atoms with van der Waals surface area (Å²) in [5.74, 6) is 0. The van der Waals surface area contributed by atoms with Crippen molar-refractivity contribution < 1.29 is 0 Å². The molecule has 0 atom stereocenters. The monoisotopic (exact) mass is 155 g/mol. The van der Waals surface area contributed by atoms with Gasteiger partial charge in [0.15, 0.2) is 0 Å². The molecule has 3 rings (SSSR count). The number of hydrogen-bond donors (Lipinski definition) is 0. The molecule has 0 fully saturated rings. The van der Waals surface area contributed by atoms with E-state index in [1.54, 1.807) is 0 Å². The number of allylic oxidation sites excluding steroid dienone is 1. The highest BCUT2D eigenvalue weighted by Gasteiger charge is 2.07. The molecule has 1 heteroatoms. The minimum Gasteiger partial charge on any atom is -0.324 e. The lowest BCUT2D eigenvalue weighted by atomic mass is 10.1. The van der Waals surface area contributed by atoms with Crippen LogP contribution in [-0.2, 0) is 6.42 Å². The summed E-state index contributed by atoms with van der Waals surface area (Å²) in [4.78, 5) is 0. The van der Waals surface area contributed by atoms with E-state index in [9.17, 15) is 0 Å². The minimum absolute atomic E-state index is 1.09. The second kappa shape index (κ2) is 2.01. The SMILES string of the molecule is C1=Cc2ccn3cccc3c2C1. The molecule has 2 aromatic rings. The van der Waals surface area contributed by atoms with Crippen molar-refractivity contribution in [1.29, 1.82) is 0 Å². The summed E-state index contributed by atoms with van der Waals surface area (Å²) >= 11 is 0. The highest BCUT2D eigenvalue weighted by molar-refractivity contribution is 5.70. The average molecular weight is 155 g/mol. The summed E-state index contributed by atoms with van der Waals surface area (Å²) in [6.07, 6.45) is 9.71. The molecular formula is C11H9N. The third-order valence-corrected chi connectivity index (χ3v) is 2.47. The van der Waals surface area contributed by atoms with Gasteiger partial charge in [-0.15, -0.1) is 0 Å². The second-order valence-electron chi connectivity index (χ2n) is 3.16. The Balaban J connectivity index is 2.49. The van der Waals surface area contributed by atoms with Crippen LogP contribution in [0.4, 0.5) is 0 Å². The standard InChI is InChI=1S/C11H9N/c1-3-9-6-8-12-7-2-5-11(12)10(9)4-1/h1-3,5-8H,4H2. The van der Waals surface area contributed by atoms with Crippen molar-refractivity contribution in [1.82, 2.24) is 4.40 Å².